The Hall–Kier alpha value is -2.21. The average Bonchev–Trinajstić information content (AvgIpc) is 3.18. The number of benzene rings is 1. The van der Waals surface area contributed by atoms with Crippen LogP contribution in [0.1, 0.15) is 38.7 Å². The maximum atomic E-state index is 12.2. The molecule has 2 aliphatic rings. The maximum absolute atomic E-state index is 12.2. The number of fused-ring (bicyclic) bond motifs is 1. The molecule has 1 fully saturated rings. The highest BCUT2D eigenvalue weighted by Gasteiger charge is 2.47. The number of hydrogen-bond acceptors (Lipinski definition) is 5. The molecular formula is C21H29NO5. The highest BCUT2D eigenvalue weighted by molar-refractivity contribution is 5.73. The van der Waals surface area contributed by atoms with Gasteiger partial charge in [0.05, 0.1) is 13.0 Å². The Labute approximate surface area is 160 Å². The van der Waals surface area contributed by atoms with E-state index in [1.165, 1.54) is 0 Å². The maximum Gasteiger partial charge on any atom is 0.308 e. The summed E-state index contributed by atoms with van der Waals surface area (Å²) >= 11 is 0. The second-order valence-corrected chi connectivity index (χ2v) is 8.13. The fourth-order valence-electron chi connectivity index (χ4n) is 4.46. The number of aliphatic carboxylic acids is 1. The van der Waals surface area contributed by atoms with E-state index in [4.69, 9.17) is 14.2 Å². The summed E-state index contributed by atoms with van der Waals surface area (Å²) in [6, 6.07) is 3.75. The van der Waals surface area contributed by atoms with Gasteiger partial charge in [0, 0.05) is 18.5 Å². The number of nitrogens with zero attached hydrogens (tertiary/aromatic N) is 1. The van der Waals surface area contributed by atoms with Gasteiger partial charge in [0.25, 0.3) is 0 Å². The standard InChI is InChI=1S/C21H29NO5/c1-6-7-21(2,3)10-15-18(20(23)24)14(11-22(15)4)13-8-16(25-5)19-17(9-13)26-12-27-19/h6-9,14-15,18H,10-12H2,1-5H3,(H,23,24). The van der Waals surface area contributed by atoms with Crippen molar-refractivity contribution in [3.63, 3.8) is 0 Å². The van der Waals surface area contributed by atoms with E-state index in [0.29, 0.717) is 23.8 Å². The first-order chi connectivity index (χ1) is 12.8. The minimum absolute atomic E-state index is 0.0462. The number of carboxylic acids is 1. The molecule has 3 atom stereocenters. The Kier molecular flexibility index (Phi) is 5.38. The molecule has 0 amide bonds. The highest BCUT2D eigenvalue weighted by atomic mass is 16.7. The molecule has 0 radical (unpaired) electrons. The number of rotatable bonds is 6. The van der Waals surface area contributed by atoms with Crippen molar-refractivity contribution in [3.8, 4) is 17.2 Å². The molecule has 27 heavy (non-hydrogen) atoms. The third kappa shape index (κ3) is 3.76. The lowest BCUT2D eigenvalue weighted by Crippen LogP contribution is -2.37. The van der Waals surface area contributed by atoms with Gasteiger partial charge in [0.2, 0.25) is 12.5 Å². The molecule has 0 aromatic heterocycles. The molecule has 1 saturated heterocycles. The van der Waals surface area contributed by atoms with Gasteiger partial charge in [0.1, 0.15) is 0 Å². The third-order valence-corrected chi connectivity index (χ3v) is 5.65. The van der Waals surface area contributed by atoms with Crippen LogP contribution in [0.25, 0.3) is 0 Å². The van der Waals surface area contributed by atoms with Crippen molar-refractivity contribution < 1.29 is 24.1 Å². The number of methoxy groups -OCH3 is 1. The molecule has 1 N–H and O–H groups in total. The largest absolute Gasteiger partial charge is 0.493 e. The number of hydrogen-bond donors (Lipinski definition) is 1. The van der Waals surface area contributed by atoms with Crippen molar-refractivity contribution in [2.75, 3.05) is 27.5 Å². The first-order valence-electron chi connectivity index (χ1n) is 9.32. The zero-order chi connectivity index (χ0) is 19.8. The van der Waals surface area contributed by atoms with Crippen molar-refractivity contribution in [2.24, 2.45) is 11.3 Å². The lowest BCUT2D eigenvalue weighted by atomic mass is 9.77. The minimum atomic E-state index is -0.762. The number of allylic oxidation sites excluding steroid dienone is 2. The molecule has 1 aromatic carbocycles. The highest BCUT2D eigenvalue weighted by Crippen LogP contribution is 2.47. The molecular weight excluding hydrogens is 346 g/mol. The number of carbonyl (C=O) groups is 1. The fraction of sp³-hybridized carbons (Fsp3) is 0.571. The quantitative estimate of drug-likeness (QED) is 0.768. The summed E-state index contributed by atoms with van der Waals surface area (Å²) in [6.45, 7) is 7.13. The summed E-state index contributed by atoms with van der Waals surface area (Å²) < 4.78 is 16.4. The Balaban J connectivity index is 1.95. The van der Waals surface area contributed by atoms with Crippen molar-refractivity contribution in [1.29, 1.82) is 0 Å². The topological polar surface area (TPSA) is 68.2 Å². The van der Waals surface area contributed by atoms with Gasteiger partial charge >= 0.3 is 5.97 Å². The van der Waals surface area contributed by atoms with E-state index in [1.54, 1.807) is 7.11 Å². The zero-order valence-corrected chi connectivity index (χ0v) is 16.7. The van der Waals surface area contributed by atoms with Crippen LogP contribution in [0.15, 0.2) is 24.3 Å². The fourth-order valence-corrected chi connectivity index (χ4v) is 4.46. The van der Waals surface area contributed by atoms with E-state index >= 15 is 0 Å². The van der Waals surface area contributed by atoms with Crippen LogP contribution in [0.3, 0.4) is 0 Å². The zero-order valence-electron chi connectivity index (χ0n) is 16.7. The summed E-state index contributed by atoms with van der Waals surface area (Å²) in [5, 5.41) is 10.0. The number of likely N-dealkylation sites (tertiary alicyclic amines) is 1. The Morgan fingerprint density at radius 2 is 2.15 bits per heavy atom. The van der Waals surface area contributed by atoms with E-state index < -0.39 is 11.9 Å². The summed E-state index contributed by atoms with van der Waals surface area (Å²) in [6.07, 6.45) is 4.96. The number of likely N-dealkylation sites (N-methyl/N-ethyl adjacent to an activating group) is 1. The monoisotopic (exact) mass is 375 g/mol. The summed E-state index contributed by atoms with van der Waals surface area (Å²) in [4.78, 5) is 14.4. The molecule has 2 aliphatic heterocycles. The van der Waals surface area contributed by atoms with Gasteiger partial charge in [-0.15, -0.1) is 0 Å². The predicted octanol–water partition coefficient (Wildman–Crippen LogP) is 3.51. The lowest BCUT2D eigenvalue weighted by Gasteiger charge is -2.31. The molecule has 6 heteroatoms. The second kappa shape index (κ2) is 7.43. The molecule has 0 bridgehead atoms. The molecule has 3 unspecified atom stereocenters. The molecule has 148 valence electrons. The average molecular weight is 375 g/mol. The van der Waals surface area contributed by atoms with Gasteiger partial charge in [-0.25, -0.2) is 0 Å². The summed E-state index contributed by atoms with van der Waals surface area (Å²) in [5.74, 6) is 0.401. The molecule has 1 aromatic rings. The van der Waals surface area contributed by atoms with Crippen molar-refractivity contribution >= 4 is 5.97 Å². The number of carboxylic acid groups (broad SMARTS) is 1. The van der Waals surface area contributed by atoms with Gasteiger partial charge in [-0.3, -0.25) is 4.79 Å². The van der Waals surface area contributed by atoms with E-state index in [-0.39, 0.29) is 24.2 Å². The van der Waals surface area contributed by atoms with E-state index in [1.807, 2.05) is 32.2 Å². The van der Waals surface area contributed by atoms with Crippen LogP contribution in [-0.4, -0.2) is 49.5 Å². The molecule has 2 heterocycles. The molecule has 6 nitrogen and oxygen atoms in total. The Morgan fingerprint density at radius 1 is 1.41 bits per heavy atom. The summed E-state index contributed by atoms with van der Waals surface area (Å²) in [5.41, 5.74) is 0.852. The smallest absolute Gasteiger partial charge is 0.308 e. The Morgan fingerprint density at radius 3 is 2.78 bits per heavy atom. The van der Waals surface area contributed by atoms with Crippen molar-refractivity contribution in [3.05, 3.63) is 29.8 Å². The minimum Gasteiger partial charge on any atom is -0.493 e. The van der Waals surface area contributed by atoms with E-state index in [2.05, 4.69) is 24.8 Å². The second-order valence-electron chi connectivity index (χ2n) is 8.13. The molecule has 0 saturated carbocycles. The molecule has 0 spiro atoms. The van der Waals surface area contributed by atoms with Crippen LogP contribution >= 0.6 is 0 Å². The first kappa shape index (κ1) is 19.5. The van der Waals surface area contributed by atoms with Crippen LogP contribution < -0.4 is 14.2 Å². The normalized spacial score (nSPS) is 25.3. The number of ether oxygens (including phenoxy) is 3. The predicted molar refractivity (Wildman–Crippen MR) is 103 cm³/mol. The molecule has 0 aliphatic carbocycles. The molecule has 3 rings (SSSR count). The van der Waals surface area contributed by atoms with Gasteiger partial charge in [0.15, 0.2) is 11.5 Å². The SMILES string of the molecule is CC=CC(C)(C)CC1C(C(=O)O)C(c2cc(OC)c3c(c2)OCO3)CN1C. The van der Waals surface area contributed by atoms with Gasteiger partial charge in [-0.05, 0) is 43.5 Å². The van der Waals surface area contributed by atoms with Crippen LogP contribution in [0.4, 0.5) is 0 Å². The van der Waals surface area contributed by atoms with Gasteiger partial charge in [-0.2, -0.15) is 0 Å². The Bertz CT molecular complexity index is 742. The third-order valence-electron chi connectivity index (χ3n) is 5.65. The van der Waals surface area contributed by atoms with E-state index in [9.17, 15) is 9.90 Å². The summed E-state index contributed by atoms with van der Waals surface area (Å²) in [7, 11) is 3.59. The van der Waals surface area contributed by atoms with Crippen molar-refractivity contribution in [1.82, 2.24) is 4.90 Å². The lowest BCUT2D eigenvalue weighted by molar-refractivity contribution is -0.143. The van der Waals surface area contributed by atoms with Gasteiger partial charge < -0.3 is 24.2 Å². The van der Waals surface area contributed by atoms with Crippen LogP contribution in [-0.2, 0) is 4.79 Å². The van der Waals surface area contributed by atoms with Crippen molar-refractivity contribution in [2.45, 2.75) is 39.2 Å². The first-order valence-corrected chi connectivity index (χ1v) is 9.32. The van der Waals surface area contributed by atoms with E-state index in [0.717, 1.165) is 12.0 Å². The van der Waals surface area contributed by atoms with Crippen LogP contribution in [0.2, 0.25) is 0 Å². The van der Waals surface area contributed by atoms with Gasteiger partial charge in [-0.1, -0.05) is 26.0 Å². The van der Waals surface area contributed by atoms with Crippen LogP contribution in [0.5, 0.6) is 17.2 Å². The van der Waals surface area contributed by atoms with Crippen LogP contribution in [0, 0.1) is 11.3 Å².